The van der Waals surface area contributed by atoms with E-state index in [9.17, 15) is 0 Å². The lowest BCUT2D eigenvalue weighted by atomic mass is 9.90. The summed E-state index contributed by atoms with van der Waals surface area (Å²) in [6.45, 7) is 4.61. The SMILES string of the molecule is CCCCCCCCCCC(CCC[CH]Br)CCCCCCCCCC. The molecule has 0 fully saturated rings. The molecule has 0 aromatic carbocycles. The van der Waals surface area contributed by atoms with Crippen LogP contribution in [0.15, 0.2) is 0 Å². The Bertz CT molecular complexity index is 218. The highest BCUT2D eigenvalue weighted by atomic mass is 79.9. The lowest BCUT2D eigenvalue weighted by Gasteiger charge is -2.17. The zero-order valence-electron chi connectivity index (χ0n) is 18.4. The van der Waals surface area contributed by atoms with Crippen molar-refractivity contribution in [2.24, 2.45) is 5.92 Å². The summed E-state index contributed by atoms with van der Waals surface area (Å²) >= 11 is 3.47. The number of rotatable bonds is 22. The lowest BCUT2D eigenvalue weighted by molar-refractivity contribution is 0.372. The van der Waals surface area contributed by atoms with Crippen molar-refractivity contribution in [2.45, 2.75) is 149 Å². The molecular weight excluding hydrogens is 380 g/mol. The minimum atomic E-state index is 1.00. The van der Waals surface area contributed by atoms with Crippen molar-refractivity contribution in [3.05, 3.63) is 5.33 Å². The molecule has 0 spiro atoms. The summed E-state index contributed by atoms with van der Waals surface area (Å²) in [4.78, 5) is 0. The predicted octanol–water partition coefficient (Wildman–Crippen LogP) is 10.4. The standard InChI is InChI=1S/C25H50Br/c1-3-5-7-9-11-13-15-17-21-25(23-19-20-24-26)22-18-16-14-12-10-8-6-4-2/h24-25H,3-23H2,1-2H3. The fraction of sp³-hybridized carbons (Fsp3) is 0.960. The first kappa shape index (κ1) is 26.5. The minimum absolute atomic E-state index is 1.00. The van der Waals surface area contributed by atoms with Crippen LogP contribution in [0, 0.1) is 11.2 Å². The van der Waals surface area contributed by atoms with Gasteiger partial charge in [0.15, 0.2) is 0 Å². The maximum Gasteiger partial charge on any atom is 0.0271 e. The van der Waals surface area contributed by atoms with Gasteiger partial charge in [0.25, 0.3) is 0 Å². The van der Waals surface area contributed by atoms with E-state index in [2.05, 4.69) is 35.1 Å². The topological polar surface area (TPSA) is 0 Å². The molecule has 0 unspecified atom stereocenters. The molecule has 0 aromatic rings. The molecule has 1 radical (unpaired) electrons. The van der Waals surface area contributed by atoms with Crippen LogP contribution in [0.25, 0.3) is 0 Å². The Morgan fingerprint density at radius 1 is 0.500 bits per heavy atom. The van der Waals surface area contributed by atoms with Crippen LogP contribution in [0.2, 0.25) is 0 Å². The van der Waals surface area contributed by atoms with E-state index in [4.69, 9.17) is 0 Å². The zero-order valence-corrected chi connectivity index (χ0v) is 20.0. The normalized spacial score (nSPS) is 11.5. The van der Waals surface area contributed by atoms with Crippen LogP contribution in [0.1, 0.15) is 149 Å². The van der Waals surface area contributed by atoms with Crippen LogP contribution >= 0.6 is 15.9 Å². The van der Waals surface area contributed by atoms with Gasteiger partial charge in [-0.2, -0.15) is 0 Å². The van der Waals surface area contributed by atoms with Gasteiger partial charge in [-0.25, -0.2) is 0 Å². The van der Waals surface area contributed by atoms with E-state index in [0.29, 0.717) is 0 Å². The molecule has 0 aliphatic carbocycles. The lowest BCUT2D eigenvalue weighted by Crippen LogP contribution is -2.01. The van der Waals surface area contributed by atoms with E-state index in [1.54, 1.807) is 0 Å². The van der Waals surface area contributed by atoms with Gasteiger partial charge in [0.2, 0.25) is 0 Å². The second-order valence-corrected chi connectivity index (χ2v) is 9.13. The molecule has 0 aromatic heterocycles. The Labute approximate surface area is 175 Å². The summed E-state index contributed by atoms with van der Waals surface area (Å²) in [6, 6.07) is 0. The Balaban J connectivity index is 3.63. The molecule has 0 bridgehead atoms. The van der Waals surface area contributed by atoms with Gasteiger partial charge in [0.05, 0.1) is 0 Å². The zero-order chi connectivity index (χ0) is 19.1. The quantitative estimate of drug-likeness (QED) is 0.150. The molecule has 0 nitrogen and oxygen atoms in total. The third-order valence-electron chi connectivity index (χ3n) is 5.86. The smallest absolute Gasteiger partial charge is 0.0271 e. The molecule has 0 aliphatic rings. The minimum Gasteiger partial charge on any atom is -0.0879 e. The summed E-state index contributed by atoms with van der Waals surface area (Å²) < 4.78 is 0. The van der Waals surface area contributed by atoms with Crippen molar-refractivity contribution in [1.29, 1.82) is 0 Å². The van der Waals surface area contributed by atoms with Gasteiger partial charge in [-0.3, -0.25) is 0 Å². The summed E-state index contributed by atoms with van der Waals surface area (Å²) in [5.41, 5.74) is 0. The number of unbranched alkanes of at least 4 members (excludes halogenated alkanes) is 15. The van der Waals surface area contributed by atoms with Crippen molar-refractivity contribution in [3.63, 3.8) is 0 Å². The molecule has 0 aliphatic heterocycles. The first-order valence-corrected chi connectivity index (χ1v) is 13.2. The van der Waals surface area contributed by atoms with E-state index in [-0.39, 0.29) is 0 Å². The largest absolute Gasteiger partial charge is 0.0879 e. The van der Waals surface area contributed by atoms with E-state index in [0.717, 1.165) is 5.92 Å². The van der Waals surface area contributed by atoms with Crippen molar-refractivity contribution >= 4 is 15.9 Å². The Kier molecular flexibility index (Phi) is 24.0. The molecule has 0 atom stereocenters. The van der Waals surface area contributed by atoms with Gasteiger partial charge in [0.1, 0.15) is 0 Å². The number of halogens is 1. The van der Waals surface area contributed by atoms with Crippen molar-refractivity contribution in [1.82, 2.24) is 0 Å². The summed E-state index contributed by atoms with van der Waals surface area (Å²) in [5.74, 6) is 1.00. The van der Waals surface area contributed by atoms with Crippen LogP contribution in [-0.4, -0.2) is 0 Å². The first-order valence-electron chi connectivity index (χ1n) is 12.3. The molecule has 0 saturated carbocycles. The highest BCUT2D eigenvalue weighted by Gasteiger charge is 2.08. The highest BCUT2D eigenvalue weighted by Crippen LogP contribution is 2.24. The van der Waals surface area contributed by atoms with Crippen LogP contribution in [-0.2, 0) is 0 Å². The van der Waals surface area contributed by atoms with Gasteiger partial charge < -0.3 is 0 Å². The van der Waals surface area contributed by atoms with Crippen molar-refractivity contribution in [2.75, 3.05) is 0 Å². The van der Waals surface area contributed by atoms with E-state index >= 15 is 0 Å². The van der Waals surface area contributed by atoms with Crippen molar-refractivity contribution in [3.8, 4) is 0 Å². The Morgan fingerprint density at radius 3 is 1.23 bits per heavy atom. The molecule has 1 heteroatoms. The van der Waals surface area contributed by atoms with Crippen molar-refractivity contribution < 1.29 is 0 Å². The molecular formula is C25H50Br. The fourth-order valence-corrected chi connectivity index (χ4v) is 4.37. The molecule has 0 heterocycles. The summed E-state index contributed by atoms with van der Waals surface area (Å²) in [7, 11) is 0. The monoisotopic (exact) mass is 429 g/mol. The van der Waals surface area contributed by atoms with Crippen LogP contribution in [0.3, 0.4) is 0 Å². The molecule has 0 N–H and O–H groups in total. The third-order valence-corrected chi connectivity index (χ3v) is 6.32. The van der Waals surface area contributed by atoms with Gasteiger partial charge in [-0.15, -0.1) is 0 Å². The Morgan fingerprint density at radius 2 is 0.846 bits per heavy atom. The summed E-state index contributed by atoms with van der Waals surface area (Å²) in [5, 5.41) is 2.16. The van der Waals surface area contributed by atoms with Gasteiger partial charge in [0, 0.05) is 5.33 Å². The second-order valence-electron chi connectivity index (χ2n) is 8.48. The Hall–Kier alpha value is 0.480. The number of hydrogen-bond donors (Lipinski definition) is 0. The van der Waals surface area contributed by atoms with Gasteiger partial charge in [-0.1, -0.05) is 158 Å². The van der Waals surface area contributed by atoms with Gasteiger partial charge >= 0.3 is 0 Å². The molecule has 26 heavy (non-hydrogen) atoms. The predicted molar refractivity (Wildman–Crippen MR) is 125 cm³/mol. The molecule has 0 amide bonds. The summed E-state index contributed by atoms with van der Waals surface area (Å²) in [6.07, 6.45) is 30.3. The average molecular weight is 431 g/mol. The van der Waals surface area contributed by atoms with Gasteiger partial charge in [-0.05, 0) is 12.3 Å². The molecule has 157 valence electrons. The van der Waals surface area contributed by atoms with E-state index < -0.39 is 0 Å². The third kappa shape index (κ3) is 20.8. The number of hydrogen-bond acceptors (Lipinski definition) is 0. The van der Waals surface area contributed by atoms with Crippen LogP contribution in [0.5, 0.6) is 0 Å². The van der Waals surface area contributed by atoms with E-state index in [1.165, 1.54) is 135 Å². The highest BCUT2D eigenvalue weighted by molar-refractivity contribution is 9.10. The first-order chi connectivity index (χ1) is 12.8. The second kappa shape index (κ2) is 23.5. The van der Waals surface area contributed by atoms with Crippen LogP contribution in [0.4, 0.5) is 0 Å². The molecule has 0 saturated heterocycles. The fourth-order valence-electron chi connectivity index (χ4n) is 4.05. The van der Waals surface area contributed by atoms with Crippen LogP contribution < -0.4 is 0 Å². The molecule has 0 rings (SSSR count). The average Bonchev–Trinajstić information content (AvgIpc) is 2.65. The maximum absolute atomic E-state index is 3.47. The van der Waals surface area contributed by atoms with E-state index in [1.807, 2.05) is 0 Å². The maximum atomic E-state index is 3.47.